The van der Waals surface area contributed by atoms with E-state index in [0.29, 0.717) is 12.1 Å². The first kappa shape index (κ1) is 15.8. The van der Waals surface area contributed by atoms with Gasteiger partial charge in [0.15, 0.2) is 20.6 Å². The Bertz CT molecular complexity index is 827. The fourth-order valence-corrected chi connectivity index (χ4v) is 3.11. The number of fused-ring (bicyclic) bond motifs is 1. The summed E-state index contributed by atoms with van der Waals surface area (Å²) in [4.78, 5) is 14.9. The van der Waals surface area contributed by atoms with Gasteiger partial charge in [-0.3, -0.25) is 9.20 Å². The van der Waals surface area contributed by atoms with Crippen molar-refractivity contribution in [3.63, 3.8) is 0 Å². The molecule has 0 aliphatic carbocycles. The van der Waals surface area contributed by atoms with E-state index in [1.807, 2.05) is 0 Å². The number of pyridine rings is 1. The summed E-state index contributed by atoms with van der Waals surface area (Å²) in [5.41, 5.74) is -1.91. The molecule has 0 saturated heterocycles. The fraction of sp³-hybridized carbons (Fsp3) is 0.273. The minimum Gasteiger partial charge on any atom is -0.290 e. The molecule has 0 radical (unpaired) electrons. The Labute approximate surface area is 122 Å². The molecule has 0 atom stereocenters. The molecule has 0 unspecified atom stereocenters. The van der Waals surface area contributed by atoms with Crippen LogP contribution in [0.1, 0.15) is 23.0 Å². The number of halogens is 4. The zero-order chi connectivity index (χ0) is 16.0. The van der Waals surface area contributed by atoms with Crippen molar-refractivity contribution in [2.24, 2.45) is 0 Å². The van der Waals surface area contributed by atoms with Crippen LogP contribution in [-0.2, 0) is 16.0 Å². The van der Waals surface area contributed by atoms with Crippen LogP contribution in [0.4, 0.5) is 13.2 Å². The summed E-state index contributed by atoms with van der Waals surface area (Å²) in [6.45, 7) is 1.33. The van der Waals surface area contributed by atoms with Crippen LogP contribution in [-0.4, -0.2) is 28.8 Å². The second-order valence-corrected chi connectivity index (χ2v) is 6.62. The quantitative estimate of drug-likeness (QED) is 0.805. The van der Waals surface area contributed by atoms with Crippen molar-refractivity contribution < 1.29 is 26.4 Å². The molecule has 2 aromatic rings. The molecule has 10 heteroatoms. The predicted octanol–water partition coefficient (Wildman–Crippen LogP) is 2.53. The summed E-state index contributed by atoms with van der Waals surface area (Å²) < 4.78 is 62.8. The van der Waals surface area contributed by atoms with Crippen LogP contribution in [0.5, 0.6) is 0 Å². The molecule has 0 aromatic carbocycles. The fourth-order valence-electron chi connectivity index (χ4n) is 1.76. The largest absolute Gasteiger partial charge is 0.416 e. The second kappa shape index (κ2) is 4.99. The molecule has 114 valence electrons. The molecule has 0 bridgehead atoms. The minimum absolute atomic E-state index is 0.319. The van der Waals surface area contributed by atoms with Gasteiger partial charge < -0.3 is 0 Å². The third-order valence-corrected chi connectivity index (χ3v) is 4.69. The smallest absolute Gasteiger partial charge is 0.290 e. The van der Waals surface area contributed by atoms with E-state index < -0.39 is 37.5 Å². The highest BCUT2D eigenvalue weighted by Crippen LogP contribution is 2.31. The van der Waals surface area contributed by atoms with E-state index in [1.165, 1.54) is 6.92 Å². The van der Waals surface area contributed by atoms with Crippen molar-refractivity contribution in [3.05, 3.63) is 29.6 Å². The lowest BCUT2D eigenvalue weighted by atomic mass is 10.2. The van der Waals surface area contributed by atoms with Crippen molar-refractivity contribution in [1.29, 1.82) is 0 Å². The lowest BCUT2D eigenvalue weighted by Crippen LogP contribution is -2.11. The number of carbonyl (C=O) groups is 1. The summed E-state index contributed by atoms with van der Waals surface area (Å²) in [5, 5.41) is -1.66. The highest BCUT2D eigenvalue weighted by Gasteiger charge is 2.33. The Morgan fingerprint density at radius 3 is 2.52 bits per heavy atom. The first-order valence-corrected chi connectivity index (χ1v) is 7.63. The van der Waals surface area contributed by atoms with Gasteiger partial charge in [0.05, 0.1) is 11.3 Å². The SMILES string of the molecule is CCS(=O)(=O)c1c(C(=O)Cl)nc2cc(C(F)(F)F)ccn12. The molecule has 2 aromatic heterocycles. The standard InChI is InChI=1S/C11H8ClF3N2O3S/c1-2-21(19,20)10-8(9(12)18)16-7-5-6(11(13,14)15)3-4-17(7)10/h3-5H,2H2,1H3. The molecule has 21 heavy (non-hydrogen) atoms. The van der Waals surface area contributed by atoms with E-state index in [0.717, 1.165) is 10.6 Å². The topological polar surface area (TPSA) is 68.5 Å². The first-order chi connectivity index (χ1) is 9.58. The molecule has 0 fully saturated rings. The zero-order valence-corrected chi connectivity index (χ0v) is 12.1. The van der Waals surface area contributed by atoms with E-state index >= 15 is 0 Å². The lowest BCUT2D eigenvalue weighted by Gasteiger charge is -2.07. The zero-order valence-electron chi connectivity index (χ0n) is 10.5. The van der Waals surface area contributed by atoms with Gasteiger partial charge >= 0.3 is 6.18 Å². The van der Waals surface area contributed by atoms with Crippen molar-refractivity contribution in [2.45, 2.75) is 18.1 Å². The average Bonchev–Trinajstić information content (AvgIpc) is 2.76. The van der Waals surface area contributed by atoms with E-state index in [9.17, 15) is 26.4 Å². The highest BCUT2D eigenvalue weighted by molar-refractivity contribution is 7.91. The maximum absolute atomic E-state index is 12.6. The lowest BCUT2D eigenvalue weighted by molar-refractivity contribution is -0.137. The molecule has 0 amide bonds. The summed E-state index contributed by atoms with van der Waals surface area (Å²) in [6.07, 6.45) is -3.71. The maximum Gasteiger partial charge on any atom is 0.416 e. The predicted molar refractivity (Wildman–Crippen MR) is 68.1 cm³/mol. The number of hydrogen-bond donors (Lipinski definition) is 0. The Hall–Kier alpha value is -1.61. The Morgan fingerprint density at radius 2 is 2.05 bits per heavy atom. The number of aromatic nitrogens is 2. The van der Waals surface area contributed by atoms with Crippen molar-refractivity contribution in [3.8, 4) is 0 Å². The molecule has 5 nitrogen and oxygen atoms in total. The summed E-state index contributed by atoms with van der Waals surface area (Å²) in [6, 6.07) is 1.35. The maximum atomic E-state index is 12.6. The number of sulfone groups is 1. The third-order valence-electron chi connectivity index (χ3n) is 2.77. The number of rotatable bonds is 3. The number of imidazole rings is 1. The monoisotopic (exact) mass is 340 g/mol. The third kappa shape index (κ3) is 2.75. The molecule has 0 aliphatic heterocycles. The molecule has 0 spiro atoms. The van der Waals surface area contributed by atoms with Crippen LogP contribution in [0.15, 0.2) is 23.4 Å². The molecule has 2 rings (SSSR count). The Morgan fingerprint density at radius 1 is 1.43 bits per heavy atom. The van der Waals surface area contributed by atoms with E-state index in [1.54, 1.807) is 0 Å². The molecule has 0 N–H and O–H groups in total. The van der Waals surface area contributed by atoms with Crippen LogP contribution < -0.4 is 0 Å². The van der Waals surface area contributed by atoms with Gasteiger partial charge in [-0.1, -0.05) is 6.92 Å². The summed E-state index contributed by atoms with van der Waals surface area (Å²) in [5.74, 6) is -0.348. The Kier molecular flexibility index (Phi) is 3.75. The van der Waals surface area contributed by atoms with Gasteiger partial charge in [-0.25, -0.2) is 13.4 Å². The Balaban J connectivity index is 2.85. The van der Waals surface area contributed by atoms with Crippen molar-refractivity contribution in [1.82, 2.24) is 9.38 Å². The summed E-state index contributed by atoms with van der Waals surface area (Å²) >= 11 is 5.27. The molecule has 2 heterocycles. The van der Waals surface area contributed by atoms with E-state index in [-0.39, 0.29) is 11.4 Å². The summed E-state index contributed by atoms with van der Waals surface area (Å²) in [7, 11) is -3.89. The van der Waals surface area contributed by atoms with Gasteiger partial charge in [-0.15, -0.1) is 0 Å². The normalized spacial score (nSPS) is 12.8. The molecule has 0 saturated carbocycles. The molecular formula is C11H8ClF3N2O3S. The van der Waals surface area contributed by atoms with Crippen LogP contribution >= 0.6 is 11.6 Å². The molecule has 0 aliphatic rings. The van der Waals surface area contributed by atoms with Gasteiger partial charge in [-0.05, 0) is 23.7 Å². The number of nitrogens with zero attached hydrogens (tertiary/aromatic N) is 2. The van der Waals surface area contributed by atoms with Gasteiger partial charge in [0.2, 0.25) is 0 Å². The van der Waals surface area contributed by atoms with Crippen LogP contribution in [0.3, 0.4) is 0 Å². The van der Waals surface area contributed by atoms with Crippen molar-refractivity contribution >= 4 is 32.3 Å². The van der Waals surface area contributed by atoms with Crippen molar-refractivity contribution in [2.75, 3.05) is 5.75 Å². The van der Waals surface area contributed by atoms with Crippen LogP contribution in [0, 0.1) is 0 Å². The van der Waals surface area contributed by atoms with Crippen LogP contribution in [0.25, 0.3) is 5.65 Å². The van der Waals surface area contributed by atoms with Gasteiger partial charge in [0, 0.05) is 6.20 Å². The number of alkyl halides is 3. The number of carbonyl (C=O) groups excluding carboxylic acids is 1. The van der Waals surface area contributed by atoms with E-state index in [2.05, 4.69) is 4.98 Å². The average molecular weight is 341 g/mol. The van der Waals surface area contributed by atoms with Gasteiger partial charge in [-0.2, -0.15) is 13.2 Å². The minimum atomic E-state index is -4.61. The highest BCUT2D eigenvalue weighted by atomic mass is 35.5. The first-order valence-electron chi connectivity index (χ1n) is 5.60. The van der Waals surface area contributed by atoms with Crippen LogP contribution in [0.2, 0.25) is 0 Å². The number of hydrogen-bond acceptors (Lipinski definition) is 4. The molecular weight excluding hydrogens is 333 g/mol. The van der Waals surface area contributed by atoms with Gasteiger partial charge in [0.1, 0.15) is 5.65 Å². The second-order valence-electron chi connectivity index (χ2n) is 4.08. The van der Waals surface area contributed by atoms with Gasteiger partial charge in [0.25, 0.3) is 5.24 Å². The van der Waals surface area contributed by atoms with E-state index in [4.69, 9.17) is 11.6 Å².